The van der Waals surface area contributed by atoms with Crippen molar-refractivity contribution in [2.75, 3.05) is 13.2 Å². The number of hydrogen-bond acceptors (Lipinski definition) is 5. The molecule has 0 aliphatic carbocycles. The highest BCUT2D eigenvalue weighted by molar-refractivity contribution is 8.26. The third-order valence-corrected chi connectivity index (χ3v) is 6.59. The highest BCUT2D eigenvalue weighted by Crippen LogP contribution is 2.35. The molecule has 0 radical (unpaired) electrons. The summed E-state index contributed by atoms with van der Waals surface area (Å²) in [7, 11) is 0. The molecule has 0 N–H and O–H groups in total. The van der Waals surface area contributed by atoms with Crippen LogP contribution in [0.3, 0.4) is 0 Å². The maximum absolute atomic E-state index is 13.1. The van der Waals surface area contributed by atoms with Crippen molar-refractivity contribution in [3.05, 3.63) is 100 Å². The van der Waals surface area contributed by atoms with Crippen molar-refractivity contribution in [2.24, 2.45) is 0 Å². The number of hydrogen-bond donors (Lipinski definition) is 0. The lowest BCUT2D eigenvalue weighted by molar-refractivity contribution is -0.122. The predicted molar refractivity (Wildman–Crippen MR) is 138 cm³/mol. The van der Waals surface area contributed by atoms with Gasteiger partial charge in [0.15, 0.2) is 11.5 Å². The Morgan fingerprint density at radius 2 is 1.74 bits per heavy atom. The molecule has 4 nitrogen and oxygen atoms in total. The summed E-state index contributed by atoms with van der Waals surface area (Å²) in [6.45, 7) is 3.21. The Morgan fingerprint density at radius 3 is 2.47 bits per heavy atom. The van der Waals surface area contributed by atoms with Gasteiger partial charge >= 0.3 is 0 Å². The van der Waals surface area contributed by atoms with E-state index in [9.17, 15) is 9.18 Å². The zero-order valence-electron chi connectivity index (χ0n) is 18.7. The fourth-order valence-electron chi connectivity index (χ4n) is 3.47. The first-order valence-electron chi connectivity index (χ1n) is 11.0. The number of amides is 1. The lowest BCUT2D eigenvalue weighted by Gasteiger charge is -2.14. The maximum Gasteiger partial charge on any atom is 0.266 e. The molecule has 34 heavy (non-hydrogen) atoms. The molecule has 1 saturated heterocycles. The van der Waals surface area contributed by atoms with E-state index in [0.717, 1.165) is 23.1 Å². The molecule has 0 saturated carbocycles. The highest BCUT2D eigenvalue weighted by atomic mass is 32.2. The molecule has 0 aromatic heterocycles. The normalized spacial score (nSPS) is 14.6. The Bertz CT molecular complexity index is 1200. The van der Waals surface area contributed by atoms with Gasteiger partial charge in [-0.2, -0.15) is 0 Å². The first-order chi connectivity index (χ1) is 16.5. The van der Waals surface area contributed by atoms with Gasteiger partial charge in [0.1, 0.15) is 16.7 Å². The van der Waals surface area contributed by atoms with Crippen molar-refractivity contribution in [1.29, 1.82) is 0 Å². The van der Waals surface area contributed by atoms with Crippen LogP contribution >= 0.6 is 24.0 Å². The summed E-state index contributed by atoms with van der Waals surface area (Å²) in [5.74, 6) is 0.797. The number of halogens is 1. The smallest absolute Gasteiger partial charge is 0.266 e. The highest BCUT2D eigenvalue weighted by Gasteiger charge is 2.31. The van der Waals surface area contributed by atoms with Crippen LogP contribution in [0.5, 0.6) is 11.5 Å². The van der Waals surface area contributed by atoms with E-state index in [-0.39, 0.29) is 11.7 Å². The number of nitrogens with zero attached hydrogens (tertiary/aromatic N) is 1. The van der Waals surface area contributed by atoms with E-state index in [1.54, 1.807) is 17.0 Å². The van der Waals surface area contributed by atoms with E-state index in [1.165, 1.54) is 23.9 Å². The number of thioether (sulfide) groups is 1. The second-order valence-electron chi connectivity index (χ2n) is 7.62. The number of carbonyl (C=O) groups is 1. The third-order valence-electron chi connectivity index (χ3n) is 5.21. The number of thiocarbonyl (C=S) groups is 1. The quantitative estimate of drug-likeness (QED) is 0.260. The van der Waals surface area contributed by atoms with E-state index in [4.69, 9.17) is 21.7 Å². The van der Waals surface area contributed by atoms with Crippen molar-refractivity contribution in [1.82, 2.24) is 4.90 Å². The molecular formula is C27H24FNO3S2. The monoisotopic (exact) mass is 493 g/mol. The molecule has 1 aliphatic rings. The molecule has 0 bridgehead atoms. The Morgan fingerprint density at radius 1 is 0.971 bits per heavy atom. The van der Waals surface area contributed by atoms with E-state index >= 15 is 0 Å². The third kappa shape index (κ3) is 6.04. The summed E-state index contributed by atoms with van der Waals surface area (Å²) in [5.41, 5.74) is 2.84. The van der Waals surface area contributed by atoms with Crippen LogP contribution in [0.2, 0.25) is 0 Å². The van der Waals surface area contributed by atoms with Crippen LogP contribution in [-0.4, -0.2) is 28.3 Å². The Kier molecular flexibility index (Phi) is 7.98. The Hall–Kier alpha value is -3.16. The second-order valence-corrected chi connectivity index (χ2v) is 9.30. The van der Waals surface area contributed by atoms with E-state index in [2.05, 4.69) is 0 Å². The van der Waals surface area contributed by atoms with Gasteiger partial charge in [0, 0.05) is 6.54 Å². The molecule has 3 aromatic carbocycles. The number of benzene rings is 3. The van der Waals surface area contributed by atoms with Crippen LogP contribution in [0.15, 0.2) is 77.7 Å². The Labute approximate surface area is 208 Å². The summed E-state index contributed by atoms with van der Waals surface area (Å²) < 4.78 is 25.4. The zero-order chi connectivity index (χ0) is 23.9. The molecular weight excluding hydrogens is 469 g/mol. The van der Waals surface area contributed by atoms with Crippen molar-refractivity contribution in [3.63, 3.8) is 0 Å². The summed E-state index contributed by atoms with van der Waals surface area (Å²) in [4.78, 5) is 15.2. The van der Waals surface area contributed by atoms with Crippen LogP contribution in [0.1, 0.15) is 23.6 Å². The fraction of sp³-hybridized carbons (Fsp3) is 0.185. The summed E-state index contributed by atoms with van der Waals surface area (Å²) in [5, 5.41) is 0. The van der Waals surface area contributed by atoms with Gasteiger partial charge in [0.25, 0.3) is 5.91 Å². The summed E-state index contributed by atoms with van der Waals surface area (Å²) in [6.07, 6.45) is 2.57. The van der Waals surface area contributed by atoms with Crippen LogP contribution in [0.25, 0.3) is 6.08 Å². The van der Waals surface area contributed by atoms with Crippen molar-refractivity contribution >= 4 is 40.3 Å². The van der Waals surface area contributed by atoms with Gasteiger partial charge < -0.3 is 9.47 Å². The van der Waals surface area contributed by atoms with E-state index < -0.39 is 0 Å². The molecule has 3 aromatic rings. The average molecular weight is 494 g/mol. The number of carbonyl (C=O) groups excluding carboxylic acids is 1. The van der Waals surface area contributed by atoms with Gasteiger partial charge in [0.05, 0.1) is 11.5 Å². The van der Waals surface area contributed by atoms with Crippen LogP contribution in [-0.2, 0) is 17.8 Å². The van der Waals surface area contributed by atoms with Crippen LogP contribution in [0, 0.1) is 5.82 Å². The number of ether oxygens (including phenoxy) is 2. The summed E-state index contributed by atoms with van der Waals surface area (Å²) >= 11 is 6.77. The van der Waals surface area contributed by atoms with E-state index in [1.807, 2.05) is 61.5 Å². The molecule has 1 fully saturated rings. The molecule has 0 unspecified atom stereocenters. The van der Waals surface area contributed by atoms with Crippen molar-refractivity contribution in [2.45, 2.75) is 20.0 Å². The van der Waals surface area contributed by atoms with Gasteiger partial charge in [0.2, 0.25) is 0 Å². The SMILES string of the molecule is CCOc1cc(C=C2SC(=S)N(CCc3ccccc3)C2=O)ccc1OCc1ccc(F)cc1. The van der Waals surface area contributed by atoms with Gasteiger partial charge in [-0.3, -0.25) is 9.69 Å². The largest absolute Gasteiger partial charge is 0.490 e. The standard InChI is InChI=1S/C27H24FNO3S2/c1-2-31-24-16-21(10-13-23(24)32-18-20-8-11-22(28)12-9-20)17-25-26(30)29(27(33)34-25)15-14-19-6-4-3-5-7-19/h3-13,16-17H,2,14-15,18H2,1H3. The lowest BCUT2D eigenvalue weighted by Crippen LogP contribution is -2.30. The second kappa shape index (κ2) is 11.3. The molecule has 1 amide bonds. The van der Waals surface area contributed by atoms with Crippen LogP contribution in [0.4, 0.5) is 4.39 Å². The van der Waals surface area contributed by atoms with Crippen LogP contribution < -0.4 is 9.47 Å². The minimum absolute atomic E-state index is 0.0828. The van der Waals surface area contributed by atoms with Gasteiger partial charge in [-0.15, -0.1) is 0 Å². The Balaban J connectivity index is 1.46. The predicted octanol–water partition coefficient (Wildman–Crippen LogP) is 6.25. The molecule has 0 spiro atoms. The number of rotatable bonds is 9. The minimum Gasteiger partial charge on any atom is -0.490 e. The molecule has 4 rings (SSSR count). The molecule has 1 aliphatic heterocycles. The maximum atomic E-state index is 13.1. The van der Waals surface area contributed by atoms with Crippen molar-refractivity contribution in [3.8, 4) is 11.5 Å². The topological polar surface area (TPSA) is 38.8 Å². The molecule has 1 heterocycles. The molecule has 174 valence electrons. The lowest BCUT2D eigenvalue weighted by atomic mass is 10.1. The molecule has 0 atom stereocenters. The minimum atomic E-state index is -0.284. The average Bonchev–Trinajstić information content (AvgIpc) is 3.11. The zero-order valence-corrected chi connectivity index (χ0v) is 20.3. The van der Waals surface area contributed by atoms with Gasteiger partial charge in [-0.25, -0.2) is 4.39 Å². The first kappa shape index (κ1) is 24.0. The van der Waals surface area contributed by atoms with Crippen molar-refractivity contribution < 1.29 is 18.7 Å². The molecule has 7 heteroatoms. The van der Waals surface area contributed by atoms with Gasteiger partial charge in [-0.1, -0.05) is 72.5 Å². The first-order valence-corrected chi connectivity index (χ1v) is 12.2. The summed E-state index contributed by atoms with van der Waals surface area (Å²) in [6, 6.07) is 21.8. The van der Waals surface area contributed by atoms with E-state index in [0.29, 0.717) is 40.5 Å². The van der Waals surface area contributed by atoms with Gasteiger partial charge in [-0.05, 0) is 60.4 Å². The fourth-order valence-corrected chi connectivity index (χ4v) is 4.78.